The van der Waals surface area contributed by atoms with Crippen LogP contribution >= 0.6 is 23.1 Å². The Labute approximate surface area is 153 Å². The zero-order chi connectivity index (χ0) is 18.0. The average Bonchev–Trinajstić information content (AvgIpc) is 3.19. The van der Waals surface area contributed by atoms with Crippen LogP contribution in [0.25, 0.3) is 6.08 Å². The Balaban J connectivity index is 1.98. The smallest absolute Gasteiger partial charge is 0.186 e. The maximum atomic E-state index is 12.7. The Kier molecular flexibility index (Phi) is 5.06. The third-order valence-corrected chi connectivity index (χ3v) is 5.58. The first kappa shape index (κ1) is 17.4. The summed E-state index contributed by atoms with van der Waals surface area (Å²) >= 11 is 2.53. The predicted molar refractivity (Wildman–Crippen MR) is 102 cm³/mol. The number of allylic oxidation sites excluding steroid dienone is 2. The molecule has 1 atom stereocenters. The second-order valence-corrected chi connectivity index (χ2v) is 7.38. The van der Waals surface area contributed by atoms with Crippen LogP contribution in [0.4, 0.5) is 0 Å². The van der Waals surface area contributed by atoms with Crippen LogP contribution in [0.15, 0.2) is 41.3 Å². The third-order valence-electron chi connectivity index (χ3n) is 3.74. The van der Waals surface area contributed by atoms with Gasteiger partial charge in [0.25, 0.3) is 0 Å². The summed E-state index contributed by atoms with van der Waals surface area (Å²) in [6, 6.07) is 3.46. The van der Waals surface area contributed by atoms with Crippen LogP contribution in [0.3, 0.4) is 0 Å². The number of nitrogens with one attached hydrogen (secondary N) is 1. The number of benzene rings is 1. The fourth-order valence-corrected chi connectivity index (χ4v) is 4.39. The Hall–Kier alpha value is -2.38. The number of thiazole rings is 1. The fraction of sp³-hybridized carbons (Fsp3) is 0.167. The van der Waals surface area contributed by atoms with Gasteiger partial charge in [-0.2, -0.15) is 0 Å². The summed E-state index contributed by atoms with van der Waals surface area (Å²) in [5.74, 6) is -0.318. The van der Waals surface area contributed by atoms with Crippen molar-refractivity contribution in [1.29, 1.82) is 5.41 Å². The largest absolute Gasteiger partial charge is 0.504 e. The topological polar surface area (TPSA) is 83.3 Å². The average molecular weight is 372 g/mol. The summed E-state index contributed by atoms with van der Waals surface area (Å²) in [5.41, 5.74) is 1.40. The lowest BCUT2D eigenvalue weighted by Crippen LogP contribution is -2.11. The zero-order valence-corrected chi connectivity index (χ0v) is 15.1. The van der Waals surface area contributed by atoms with Gasteiger partial charge in [-0.25, -0.2) is 4.98 Å². The normalized spacial score (nSPS) is 18.8. The molecule has 0 radical (unpaired) electrons. The molecule has 0 bridgehead atoms. The predicted octanol–water partition coefficient (Wildman–Crippen LogP) is 4.00. The summed E-state index contributed by atoms with van der Waals surface area (Å²) in [7, 11) is 1.48. The fourth-order valence-electron chi connectivity index (χ4n) is 2.58. The summed E-state index contributed by atoms with van der Waals surface area (Å²) in [4.78, 5) is 17.3. The van der Waals surface area contributed by atoms with E-state index in [4.69, 9.17) is 10.1 Å². The number of aromatic nitrogens is 1. The molecule has 5 nitrogen and oxygen atoms in total. The molecule has 1 fully saturated rings. The van der Waals surface area contributed by atoms with Crippen LogP contribution in [-0.4, -0.2) is 28.0 Å². The number of nitrogens with zero attached hydrogens (tertiary/aromatic N) is 1. The van der Waals surface area contributed by atoms with E-state index in [1.165, 1.54) is 18.4 Å². The number of phenolic OH excluding ortho intramolecular Hbond substituents is 1. The molecule has 1 aromatic heterocycles. The Morgan fingerprint density at radius 3 is 2.92 bits per heavy atom. The van der Waals surface area contributed by atoms with Crippen molar-refractivity contribution in [3.63, 3.8) is 0 Å². The van der Waals surface area contributed by atoms with Gasteiger partial charge in [0, 0.05) is 17.1 Å². The summed E-state index contributed by atoms with van der Waals surface area (Å²) in [6.45, 7) is 3.69. The maximum absolute atomic E-state index is 12.7. The molecule has 0 amide bonds. The lowest BCUT2D eigenvalue weighted by atomic mass is 10.0. The molecule has 7 heteroatoms. The van der Waals surface area contributed by atoms with Crippen molar-refractivity contribution < 1.29 is 14.6 Å². The highest BCUT2D eigenvalue weighted by atomic mass is 32.2. The Bertz CT molecular complexity index is 873. The second-order valence-electron chi connectivity index (χ2n) is 5.37. The second kappa shape index (κ2) is 7.25. The van der Waals surface area contributed by atoms with Crippen molar-refractivity contribution in [1.82, 2.24) is 4.98 Å². The van der Waals surface area contributed by atoms with Crippen LogP contribution in [-0.2, 0) is 11.2 Å². The van der Waals surface area contributed by atoms with Crippen LogP contribution in [0, 0.1) is 5.41 Å². The number of carbonyl (C=O) groups excluding carboxylic acids is 1. The minimum Gasteiger partial charge on any atom is -0.504 e. The molecule has 2 aromatic rings. The number of aromatic hydroxyl groups is 1. The molecule has 0 spiro atoms. The minimum atomic E-state index is -0.608. The zero-order valence-electron chi connectivity index (χ0n) is 13.5. The van der Waals surface area contributed by atoms with Crippen molar-refractivity contribution >= 4 is 40.0 Å². The standard InChI is InChI=1S/C18H16N2O3S2/c1-3-4-11-7-10(8-12(23-2)15(11)21)9-13-16(22)14(17(19)25-13)18-20-5-6-24-18/h3,5-9,14,19,21H,1,4H2,2H3. The lowest BCUT2D eigenvalue weighted by molar-refractivity contribution is -0.114. The van der Waals surface area contributed by atoms with E-state index in [-0.39, 0.29) is 16.6 Å². The first-order valence-corrected chi connectivity index (χ1v) is 9.17. The van der Waals surface area contributed by atoms with Crippen molar-refractivity contribution in [3.05, 3.63) is 57.4 Å². The first-order chi connectivity index (χ1) is 12.0. The van der Waals surface area contributed by atoms with E-state index < -0.39 is 5.92 Å². The molecule has 1 saturated heterocycles. The van der Waals surface area contributed by atoms with Gasteiger partial charge in [0.1, 0.15) is 10.9 Å². The number of hydrogen-bond acceptors (Lipinski definition) is 7. The first-order valence-electron chi connectivity index (χ1n) is 7.47. The SMILES string of the molecule is C=CCc1cc(C=C2SC(=N)C(c3nccs3)C2=O)cc(OC)c1O. The van der Waals surface area contributed by atoms with Crippen molar-refractivity contribution in [3.8, 4) is 11.5 Å². The Morgan fingerprint density at radius 1 is 1.48 bits per heavy atom. The highest BCUT2D eigenvalue weighted by Crippen LogP contribution is 2.42. The number of hydrogen-bond donors (Lipinski definition) is 2. The third kappa shape index (κ3) is 3.38. The number of thioether (sulfide) groups is 1. The van der Waals surface area contributed by atoms with E-state index in [0.717, 1.165) is 17.3 Å². The van der Waals surface area contributed by atoms with Gasteiger partial charge in [0.05, 0.1) is 17.1 Å². The Morgan fingerprint density at radius 2 is 2.28 bits per heavy atom. The van der Waals surface area contributed by atoms with Gasteiger partial charge in [-0.1, -0.05) is 17.8 Å². The van der Waals surface area contributed by atoms with E-state index in [2.05, 4.69) is 11.6 Å². The van der Waals surface area contributed by atoms with Crippen LogP contribution in [0.2, 0.25) is 0 Å². The molecule has 2 heterocycles. The van der Waals surface area contributed by atoms with E-state index >= 15 is 0 Å². The number of phenols is 1. The van der Waals surface area contributed by atoms with Crippen molar-refractivity contribution in [2.75, 3.05) is 7.11 Å². The maximum Gasteiger partial charge on any atom is 0.186 e. The lowest BCUT2D eigenvalue weighted by Gasteiger charge is -2.09. The minimum absolute atomic E-state index is 0.0726. The quantitative estimate of drug-likeness (QED) is 0.612. The molecule has 1 aromatic carbocycles. The van der Waals surface area contributed by atoms with Crippen LogP contribution in [0.1, 0.15) is 22.1 Å². The highest BCUT2D eigenvalue weighted by Gasteiger charge is 2.38. The number of Topliss-reactive ketones (excluding diaryl/α,β-unsaturated/α-hetero) is 1. The number of carbonyl (C=O) groups is 1. The van der Waals surface area contributed by atoms with Crippen LogP contribution in [0.5, 0.6) is 11.5 Å². The number of ketones is 1. The molecular formula is C18H16N2O3S2. The molecule has 1 aliphatic rings. The molecule has 1 aliphatic heterocycles. The highest BCUT2D eigenvalue weighted by molar-refractivity contribution is 8.19. The molecule has 1 unspecified atom stereocenters. The number of methoxy groups -OCH3 is 1. The molecule has 0 saturated carbocycles. The van der Waals surface area contributed by atoms with Crippen molar-refractivity contribution in [2.45, 2.75) is 12.3 Å². The molecule has 25 heavy (non-hydrogen) atoms. The van der Waals surface area contributed by atoms with E-state index in [1.807, 2.05) is 0 Å². The van der Waals surface area contributed by atoms with E-state index in [1.54, 1.807) is 35.9 Å². The number of ether oxygens (including phenoxy) is 1. The summed E-state index contributed by atoms with van der Waals surface area (Å²) in [5, 5.41) is 21.0. The van der Waals surface area contributed by atoms with Gasteiger partial charge in [0.15, 0.2) is 17.3 Å². The van der Waals surface area contributed by atoms with Gasteiger partial charge < -0.3 is 9.84 Å². The van der Waals surface area contributed by atoms with Crippen molar-refractivity contribution in [2.24, 2.45) is 0 Å². The molecule has 0 aliphatic carbocycles. The van der Waals surface area contributed by atoms with Gasteiger partial charge in [-0.05, 0) is 30.2 Å². The van der Waals surface area contributed by atoms with Gasteiger partial charge in [-0.3, -0.25) is 10.2 Å². The number of rotatable bonds is 5. The molecular weight excluding hydrogens is 356 g/mol. The van der Waals surface area contributed by atoms with Gasteiger partial charge >= 0.3 is 0 Å². The van der Waals surface area contributed by atoms with Gasteiger partial charge in [0.2, 0.25) is 0 Å². The summed E-state index contributed by atoms with van der Waals surface area (Å²) < 4.78 is 5.21. The molecule has 3 rings (SSSR count). The van der Waals surface area contributed by atoms with Gasteiger partial charge in [-0.15, -0.1) is 17.9 Å². The van der Waals surface area contributed by atoms with E-state index in [9.17, 15) is 9.90 Å². The summed E-state index contributed by atoms with van der Waals surface area (Å²) in [6.07, 6.45) is 5.54. The van der Waals surface area contributed by atoms with Crippen LogP contribution < -0.4 is 4.74 Å². The molecule has 128 valence electrons. The molecule has 2 N–H and O–H groups in total. The monoisotopic (exact) mass is 372 g/mol. The van der Waals surface area contributed by atoms with E-state index in [0.29, 0.717) is 27.6 Å².